The maximum absolute atomic E-state index is 14.8. The van der Waals surface area contributed by atoms with Crippen molar-refractivity contribution in [2.45, 2.75) is 19.3 Å². The van der Waals surface area contributed by atoms with Crippen LogP contribution in [0.5, 0.6) is 0 Å². The van der Waals surface area contributed by atoms with E-state index in [9.17, 15) is 4.39 Å². The normalized spacial score (nSPS) is 14.4. The number of fused-ring (bicyclic) bond motifs is 1. The molecule has 0 amide bonds. The first-order valence-corrected chi connectivity index (χ1v) is 10.8. The predicted octanol–water partition coefficient (Wildman–Crippen LogP) is 5.50. The van der Waals surface area contributed by atoms with Crippen LogP contribution in [0.15, 0.2) is 42.5 Å². The third-order valence-electron chi connectivity index (χ3n) is 5.47. The third kappa shape index (κ3) is 3.58. The van der Waals surface area contributed by atoms with Crippen LogP contribution < -0.4 is 10.6 Å². The van der Waals surface area contributed by atoms with Crippen LogP contribution in [-0.4, -0.2) is 32.8 Å². The Hall–Kier alpha value is -2.90. The van der Waals surface area contributed by atoms with Gasteiger partial charge in [0.1, 0.15) is 11.6 Å². The van der Waals surface area contributed by atoms with Crippen molar-refractivity contribution >= 4 is 46.0 Å². The van der Waals surface area contributed by atoms with Gasteiger partial charge in [0, 0.05) is 18.7 Å². The summed E-state index contributed by atoms with van der Waals surface area (Å²) in [6, 6.07) is 11.6. The van der Waals surface area contributed by atoms with E-state index in [1.165, 1.54) is 17.2 Å². The summed E-state index contributed by atoms with van der Waals surface area (Å²) in [6.07, 6.45) is 3.31. The van der Waals surface area contributed by atoms with E-state index >= 15 is 0 Å². The Kier molecular flexibility index (Phi) is 5.16. The summed E-state index contributed by atoms with van der Waals surface area (Å²) >= 11 is 12.2. The lowest BCUT2D eigenvalue weighted by atomic mass is 10.1. The van der Waals surface area contributed by atoms with Crippen LogP contribution in [0.25, 0.3) is 28.0 Å². The van der Waals surface area contributed by atoms with Gasteiger partial charge in [0.2, 0.25) is 5.95 Å². The first-order chi connectivity index (χ1) is 15.0. The Labute approximate surface area is 188 Å². The lowest BCUT2D eigenvalue weighted by molar-refractivity contribution is 0.569. The van der Waals surface area contributed by atoms with Gasteiger partial charge in [-0.2, -0.15) is 4.98 Å². The molecule has 31 heavy (non-hydrogen) atoms. The minimum Gasteiger partial charge on any atom is -0.383 e. The van der Waals surface area contributed by atoms with Crippen molar-refractivity contribution in [3.8, 4) is 16.9 Å². The van der Waals surface area contributed by atoms with Crippen LogP contribution in [-0.2, 0) is 0 Å². The summed E-state index contributed by atoms with van der Waals surface area (Å²) in [5.41, 5.74) is 8.29. The number of piperidine rings is 1. The van der Waals surface area contributed by atoms with Crippen molar-refractivity contribution in [3.63, 3.8) is 0 Å². The van der Waals surface area contributed by atoms with Crippen molar-refractivity contribution in [1.82, 2.24) is 19.7 Å². The fraction of sp³-hybridized carbons (Fsp3) is 0.227. The zero-order valence-corrected chi connectivity index (χ0v) is 18.0. The molecular formula is C22H19Cl2FN6. The number of benzene rings is 2. The number of nitrogens with two attached hydrogens (primary N) is 1. The van der Waals surface area contributed by atoms with Gasteiger partial charge in [0.15, 0.2) is 5.65 Å². The quantitative estimate of drug-likeness (QED) is 0.440. The van der Waals surface area contributed by atoms with Gasteiger partial charge in [-0.25, -0.2) is 14.1 Å². The highest BCUT2D eigenvalue weighted by Crippen LogP contribution is 2.35. The second kappa shape index (κ2) is 7.98. The van der Waals surface area contributed by atoms with Crippen LogP contribution in [0.4, 0.5) is 16.2 Å². The van der Waals surface area contributed by atoms with E-state index in [2.05, 4.69) is 15.0 Å². The molecule has 1 saturated heterocycles. The van der Waals surface area contributed by atoms with E-state index in [4.69, 9.17) is 33.9 Å². The molecule has 1 aliphatic rings. The van der Waals surface area contributed by atoms with Gasteiger partial charge in [-0.3, -0.25) is 0 Å². The summed E-state index contributed by atoms with van der Waals surface area (Å²) < 4.78 is 16.3. The molecule has 0 radical (unpaired) electrons. The molecule has 0 spiro atoms. The summed E-state index contributed by atoms with van der Waals surface area (Å²) in [5.74, 6) is 0.454. The second-order valence-electron chi connectivity index (χ2n) is 7.49. The fourth-order valence-electron chi connectivity index (χ4n) is 3.90. The molecule has 0 saturated carbocycles. The lowest BCUT2D eigenvalue weighted by Crippen LogP contribution is -2.31. The van der Waals surface area contributed by atoms with Crippen molar-refractivity contribution in [1.29, 1.82) is 0 Å². The number of rotatable bonds is 3. The molecule has 5 rings (SSSR count). The molecule has 0 unspecified atom stereocenters. The monoisotopic (exact) mass is 456 g/mol. The third-order valence-corrected chi connectivity index (χ3v) is 6.21. The molecule has 0 aliphatic carbocycles. The van der Waals surface area contributed by atoms with Crippen molar-refractivity contribution < 1.29 is 4.39 Å². The Balaban J connectivity index is 1.76. The summed E-state index contributed by atoms with van der Waals surface area (Å²) in [5, 5.41) is 5.92. The number of hydrogen-bond donors (Lipinski definition) is 1. The van der Waals surface area contributed by atoms with Crippen LogP contribution in [0.2, 0.25) is 10.0 Å². The number of halogens is 3. The first kappa shape index (κ1) is 20.0. The van der Waals surface area contributed by atoms with Crippen molar-refractivity contribution in [3.05, 3.63) is 58.3 Å². The van der Waals surface area contributed by atoms with Crippen molar-refractivity contribution in [2.75, 3.05) is 23.7 Å². The first-order valence-electron chi connectivity index (χ1n) is 10.0. The van der Waals surface area contributed by atoms with Crippen LogP contribution >= 0.6 is 23.2 Å². The molecule has 2 aromatic carbocycles. The van der Waals surface area contributed by atoms with Crippen LogP contribution in [0, 0.1) is 5.82 Å². The SMILES string of the molecule is Nc1c2c(-c3ccccc3F)nc(N3CCCCC3)nc2nn1-c1ccc(Cl)c(Cl)c1. The number of aromatic nitrogens is 4. The Morgan fingerprint density at radius 3 is 2.45 bits per heavy atom. The largest absolute Gasteiger partial charge is 0.383 e. The van der Waals surface area contributed by atoms with E-state index in [1.807, 2.05) is 0 Å². The number of anilines is 2. The van der Waals surface area contributed by atoms with Crippen molar-refractivity contribution in [2.24, 2.45) is 0 Å². The Morgan fingerprint density at radius 1 is 0.935 bits per heavy atom. The molecule has 0 bridgehead atoms. The van der Waals surface area contributed by atoms with Gasteiger partial charge < -0.3 is 10.6 Å². The summed E-state index contributed by atoms with van der Waals surface area (Å²) in [4.78, 5) is 11.5. The number of nitrogens with zero attached hydrogens (tertiary/aromatic N) is 5. The molecule has 1 aliphatic heterocycles. The fourth-order valence-corrected chi connectivity index (χ4v) is 4.19. The molecule has 4 aromatic rings. The van der Waals surface area contributed by atoms with E-state index in [0.717, 1.165) is 25.9 Å². The highest BCUT2D eigenvalue weighted by Gasteiger charge is 2.23. The maximum Gasteiger partial charge on any atom is 0.228 e. The molecule has 9 heteroatoms. The van der Waals surface area contributed by atoms with Gasteiger partial charge in [0.25, 0.3) is 0 Å². The van der Waals surface area contributed by atoms with Gasteiger partial charge in [-0.1, -0.05) is 35.3 Å². The van der Waals surface area contributed by atoms with Gasteiger partial charge >= 0.3 is 0 Å². The minimum absolute atomic E-state index is 0.303. The summed E-state index contributed by atoms with van der Waals surface area (Å²) in [7, 11) is 0. The zero-order chi connectivity index (χ0) is 21.5. The topological polar surface area (TPSA) is 72.9 Å². The van der Waals surface area contributed by atoms with Gasteiger partial charge in [0.05, 0.1) is 26.8 Å². The predicted molar refractivity (Wildman–Crippen MR) is 123 cm³/mol. The lowest BCUT2D eigenvalue weighted by Gasteiger charge is -2.26. The molecule has 3 heterocycles. The minimum atomic E-state index is -0.381. The summed E-state index contributed by atoms with van der Waals surface area (Å²) in [6.45, 7) is 1.70. The van der Waals surface area contributed by atoms with Gasteiger partial charge in [-0.05, 0) is 49.6 Å². The Morgan fingerprint density at radius 2 is 1.71 bits per heavy atom. The molecule has 158 valence electrons. The number of hydrogen-bond acceptors (Lipinski definition) is 5. The van der Waals surface area contributed by atoms with E-state index < -0.39 is 0 Å². The molecule has 1 fully saturated rings. The van der Waals surface area contributed by atoms with E-state index in [1.54, 1.807) is 36.4 Å². The smallest absolute Gasteiger partial charge is 0.228 e. The molecule has 2 aromatic heterocycles. The second-order valence-corrected chi connectivity index (χ2v) is 8.31. The number of nitrogen functional groups attached to an aromatic ring is 1. The molecule has 0 atom stereocenters. The maximum atomic E-state index is 14.8. The molecule has 2 N–H and O–H groups in total. The highest BCUT2D eigenvalue weighted by atomic mass is 35.5. The van der Waals surface area contributed by atoms with Crippen LogP contribution in [0.1, 0.15) is 19.3 Å². The standard InChI is InChI=1S/C22H19Cl2FN6/c23-15-9-8-13(12-16(15)24)31-20(26)18-19(14-6-2-3-7-17(14)25)27-22(28-21(18)29-31)30-10-4-1-5-11-30/h2-3,6-9,12H,1,4-5,10-11,26H2. The molecule has 6 nitrogen and oxygen atoms in total. The van der Waals surface area contributed by atoms with E-state index in [0.29, 0.717) is 49.8 Å². The van der Waals surface area contributed by atoms with Crippen LogP contribution in [0.3, 0.4) is 0 Å². The highest BCUT2D eigenvalue weighted by molar-refractivity contribution is 6.42. The average Bonchev–Trinajstić information content (AvgIpc) is 3.12. The van der Waals surface area contributed by atoms with E-state index in [-0.39, 0.29) is 5.82 Å². The molecular weight excluding hydrogens is 438 g/mol. The average molecular weight is 457 g/mol. The Bertz CT molecular complexity index is 1280. The zero-order valence-electron chi connectivity index (χ0n) is 16.5. The van der Waals surface area contributed by atoms with Gasteiger partial charge in [-0.15, -0.1) is 5.10 Å².